The lowest BCUT2D eigenvalue weighted by molar-refractivity contribution is -0.137. The van der Waals surface area contributed by atoms with E-state index in [0.29, 0.717) is 32.4 Å². The first-order valence-electron chi connectivity index (χ1n) is 8.04. The molecule has 11 heteroatoms. The van der Waals surface area contributed by atoms with Crippen molar-refractivity contribution in [3.05, 3.63) is 62.4 Å². The van der Waals surface area contributed by atoms with E-state index >= 15 is 0 Å². The molecule has 0 spiro atoms. The summed E-state index contributed by atoms with van der Waals surface area (Å²) in [6.07, 6.45) is 4.50. The van der Waals surface area contributed by atoms with Gasteiger partial charge >= 0.3 is 5.97 Å². The van der Waals surface area contributed by atoms with Crippen LogP contribution in [-0.4, -0.2) is 36.5 Å². The van der Waals surface area contributed by atoms with Gasteiger partial charge in [-0.15, -0.1) is 0 Å². The standard InChI is InChI=1S/C17H14BrCl2N5O3/c18-13-9-25(7-10-1-2-12(19)5-14(10)20)23-16(13)22-17(28)11-6-21-24(8-11)4-3-15(26)27/h1-2,5-6,8-9H,3-4,7H2,(H,26,27)(H,22,23,28). The second-order valence-electron chi connectivity index (χ2n) is 5.85. The number of aliphatic carboxylic acids is 1. The van der Waals surface area contributed by atoms with E-state index in [4.69, 9.17) is 28.3 Å². The third-order valence-electron chi connectivity index (χ3n) is 3.75. The monoisotopic (exact) mass is 485 g/mol. The molecule has 8 nitrogen and oxygen atoms in total. The number of aryl methyl sites for hydroxylation is 1. The molecule has 0 aliphatic carbocycles. The van der Waals surface area contributed by atoms with E-state index in [1.165, 1.54) is 17.1 Å². The lowest BCUT2D eigenvalue weighted by atomic mass is 10.2. The number of carboxylic acid groups (broad SMARTS) is 1. The van der Waals surface area contributed by atoms with E-state index in [1.54, 1.807) is 23.0 Å². The van der Waals surface area contributed by atoms with E-state index in [1.807, 2.05) is 6.07 Å². The predicted molar refractivity (Wildman–Crippen MR) is 108 cm³/mol. The van der Waals surface area contributed by atoms with Crippen molar-refractivity contribution >= 4 is 56.8 Å². The number of anilines is 1. The molecule has 0 atom stereocenters. The average molecular weight is 487 g/mol. The zero-order valence-corrected chi connectivity index (χ0v) is 17.4. The number of rotatable bonds is 7. The van der Waals surface area contributed by atoms with Crippen LogP contribution in [0.2, 0.25) is 10.0 Å². The fraction of sp³-hybridized carbons (Fsp3) is 0.176. The van der Waals surface area contributed by atoms with Crippen molar-refractivity contribution < 1.29 is 14.7 Å². The average Bonchev–Trinajstić information content (AvgIpc) is 3.23. The van der Waals surface area contributed by atoms with Crippen LogP contribution >= 0.6 is 39.1 Å². The van der Waals surface area contributed by atoms with Crippen LogP contribution in [0.5, 0.6) is 0 Å². The van der Waals surface area contributed by atoms with Gasteiger partial charge in [0.05, 0.1) is 35.7 Å². The van der Waals surface area contributed by atoms with Gasteiger partial charge in [0.25, 0.3) is 5.91 Å². The smallest absolute Gasteiger partial charge is 0.305 e. The molecule has 0 fully saturated rings. The lowest BCUT2D eigenvalue weighted by Crippen LogP contribution is -2.13. The highest BCUT2D eigenvalue weighted by Gasteiger charge is 2.15. The SMILES string of the molecule is O=C(O)CCn1cc(C(=O)Nc2nn(Cc3ccc(Cl)cc3Cl)cc2Br)cn1. The highest BCUT2D eigenvalue weighted by atomic mass is 79.9. The zero-order chi connectivity index (χ0) is 20.3. The molecule has 3 rings (SSSR count). The molecule has 0 saturated carbocycles. The number of amides is 1. The van der Waals surface area contributed by atoms with Crippen LogP contribution in [0.25, 0.3) is 0 Å². The minimum atomic E-state index is -0.934. The third kappa shape index (κ3) is 5.12. The Kier molecular flexibility index (Phi) is 6.38. The van der Waals surface area contributed by atoms with Crippen LogP contribution in [0.3, 0.4) is 0 Å². The fourth-order valence-electron chi connectivity index (χ4n) is 2.38. The Balaban J connectivity index is 1.68. The number of carbonyl (C=O) groups excluding carboxylic acids is 1. The summed E-state index contributed by atoms with van der Waals surface area (Å²) in [5.41, 5.74) is 1.13. The van der Waals surface area contributed by atoms with E-state index in [9.17, 15) is 9.59 Å². The van der Waals surface area contributed by atoms with Crippen molar-refractivity contribution in [2.75, 3.05) is 5.32 Å². The summed E-state index contributed by atoms with van der Waals surface area (Å²) in [6.45, 7) is 0.584. The number of hydrogen-bond donors (Lipinski definition) is 2. The topological polar surface area (TPSA) is 102 Å². The third-order valence-corrected chi connectivity index (χ3v) is 4.91. The van der Waals surface area contributed by atoms with E-state index in [-0.39, 0.29) is 13.0 Å². The molecule has 0 unspecified atom stereocenters. The molecule has 2 heterocycles. The van der Waals surface area contributed by atoms with E-state index < -0.39 is 11.9 Å². The Labute approximate surface area is 178 Å². The number of aromatic nitrogens is 4. The first-order chi connectivity index (χ1) is 13.3. The zero-order valence-electron chi connectivity index (χ0n) is 14.3. The van der Waals surface area contributed by atoms with Gasteiger partial charge in [-0.2, -0.15) is 10.2 Å². The van der Waals surface area contributed by atoms with Crippen LogP contribution in [0.4, 0.5) is 5.82 Å². The van der Waals surface area contributed by atoms with Gasteiger partial charge in [-0.05, 0) is 33.6 Å². The van der Waals surface area contributed by atoms with Crippen LogP contribution in [0.1, 0.15) is 22.3 Å². The number of nitrogens with one attached hydrogen (secondary N) is 1. The van der Waals surface area contributed by atoms with Gasteiger partial charge in [0.2, 0.25) is 0 Å². The molecule has 1 amide bonds. The minimum absolute atomic E-state index is 0.0774. The van der Waals surface area contributed by atoms with Crippen LogP contribution in [0, 0.1) is 0 Å². The normalized spacial score (nSPS) is 10.8. The van der Waals surface area contributed by atoms with Crippen LogP contribution in [-0.2, 0) is 17.9 Å². The summed E-state index contributed by atoms with van der Waals surface area (Å²) in [5, 5.41) is 20.8. The Bertz CT molecular complexity index is 1030. The van der Waals surface area contributed by atoms with Gasteiger partial charge in [-0.1, -0.05) is 29.3 Å². The van der Waals surface area contributed by atoms with Crippen molar-refractivity contribution in [1.29, 1.82) is 0 Å². The molecule has 146 valence electrons. The Morgan fingerprint density at radius 1 is 1.21 bits per heavy atom. The van der Waals surface area contributed by atoms with Gasteiger partial charge in [-0.3, -0.25) is 19.0 Å². The molecule has 3 aromatic rings. The maximum Gasteiger partial charge on any atom is 0.305 e. The predicted octanol–water partition coefficient (Wildman–Crippen LogP) is 3.92. The summed E-state index contributed by atoms with van der Waals surface area (Å²) in [5.74, 6) is -0.998. The minimum Gasteiger partial charge on any atom is -0.481 e. The quantitative estimate of drug-likeness (QED) is 0.526. The van der Waals surface area contributed by atoms with Crippen molar-refractivity contribution in [2.45, 2.75) is 19.5 Å². The molecule has 0 aliphatic heterocycles. The van der Waals surface area contributed by atoms with Gasteiger partial charge in [0.15, 0.2) is 5.82 Å². The molecular formula is C17H14BrCl2N5O3. The van der Waals surface area contributed by atoms with Crippen LogP contribution in [0.15, 0.2) is 41.3 Å². The highest BCUT2D eigenvalue weighted by molar-refractivity contribution is 9.10. The van der Waals surface area contributed by atoms with Crippen molar-refractivity contribution in [3.63, 3.8) is 0 Å². The van der Waals surface area contributed by atoms with Gasteiger partial charge in [0.1, 0.15) is 0 Å². The molecule has 0 radical (unpaired) electrons. The summed E-state index contributed by atoms with van der Waals surface area (Å²) >= 11 is 15.5. The summed E-state index contributed by atoms with van der Waals surface area (Å²) in [6, 6.07) is 5.21. The lowest BCUT2D eigenvalue weighted by Gasteiger charge is -2.05. The Morgan fingerprint density at radius 3 is 2.71 bits per heavy atom. The largest absolute Gasteiger partial charge is 0.481 e. The first kappa shape index (κ1) is 20.4. The van der Waals surface area contributed by atoms with Gasteiger partial charge in [0, 0.05) is 22.4 Å². The number of carbonyl (C=O) groups is 2. The summed E-state index contributed by atoms with van der Waals surface area (Å²) < 4.78 is 3.63. The number of benzene rings is 1. The molecule has 2 aromatic heterocycles. The number of halogens is 3. The van der Waals surface area contributed by atoms with E-state index in [0.717, 1.165) is 5.56 Å². The second kappa shape index (κ2) is 8.76. The Hall–Kier alpha value is -2.36. The maximum atomic E-state index is 12.4. The summed E-state index contributed by atoms with van der Waals surface area (Å²) in [4.78, 5) is 23.0. The van der Waals surface area contributed by atoms with Gasteiger partial charge in [-0.25, -0.2) is 0 Å². The van der Waals surface area contributed by atoms with Crippen molar-refractivity contribution in [1.82, 2.24) is 19.6 Å². The molecular weight excluding hydrogens is 473 g/mol. The first-order valence-corrected chi connectivity index (χ1v) is 9.59. The van der Waals surface area contributed by atoms with Gasteiger partial charge < -0.3 is 10.4 Å². The number of hydrogen-bond acceptors (Lipinski definition) is 4. The maximum absolute atomic E-state index is 12.4. The number of nitrogens with zero attached hydrogens (tertiary/aromatic N) is 4. The molecule has 0 bridgehead atoms. The van der Waals surface area contributed by atoms with Crippen molar-refractivity contribution in [2.24, 2.45) is 0 Å². The Morgan fingerprint density at radius 2 is 2.00 bits per heavy atom. The molecule has 2 N–H and O–H groups in total. The molecule has 0 saturated heterocycles. The molecule has 0 aliphatic rings. The molecule has 28 heavy (non-hydrogen) atoms. The second-order valence-corrected chi connectivity index (χ2v) is 7.55. The van der Waals surface area contributed by atoms with Crippen LogP contribution < -0.4 is 5.32 Å². The molecule has 1 aromatic carbocycles. The summed E-state index contributed by atoms with van der Waals surface area (Å²) in [7, 11) is 0. The highest BCUT2D eigenvalue weighted by Crippen LogP contribution is 2.25. The fourth-order valence-corrected chi connectivity index (χ4v) is 3.26. The van der Waals surface area contributed by atoms with Crippen molar-refractivity contribution in [3.8, 4) is 0 Å². The van der Waals surface area contributed by atoms with E-state index in [2.05, 4.69) is 31.4 Å². The number of carboxylic acids is 1.